The van der Waals surface area contributed by atoms with Crippen LogP contribution in [0.2, 0.25) is 0 Å². The van der Waals surface area contributed by atoms with E-state index in [9.17, 15) is 0 Å². The maximum atomic E-state index is 2.29. The van der Waals surface area contributed by atoms with E-state index < -0.39 is 0 Å². The Bertz CT molecular complexity index is 294. The molecule has 21 heavy (non-hydrogen) atoms. The second kappa shape index (κ2) is 15.6. The molecule has 0 aliphatic carbocycles. The fourth-order valence-electron chi connectivity index (χ4n) is 2.81. The molecule has 2 N–H and O–H groups in total. The molecule has 0 aromatic heterocycles. The monoisotopic (exact) mass is 292 g/mol. The van der Waals surface area contributed by atoms with Gasteiger partial charge in [0.2, 0.25) is 0 Å². The lowest BCUT2D eigenvalue weighted by atomic mass is 10.0. The van der Waals surface area contributed by atoms with E-state index in [0.29, 0.717) is 0 Å². The average Bonchev–Trinajstić information content (AvgIpc) is 2.49. The van der Waals surface area contributed by atoms with Crippen LogP contribution in [0, 0.1) is 0 Å². The molecule has 0 aliphatic heterocycles. The highest BCUT2D eigenvalue weighted by atomic mass is 16.0. The average molecular weight is 293 g/mol. The third-order valence-electron chi connectivity index (χ3n) is 4.16. The topological polar surface area (TPSA) is 31.5 Å². The molecule has 0 radical (unpaired) electrons. The number of hydrogen-bond donors (Lipinski definition) is 0. The number of unbranched alkanes of at least 4 members (excludes halogenated alkanes) is 11. The number of rotatable bonds is 13. The molecule has 0 atom stereocenters. The van der Waals surface area contributed by atoms with Gasteiger partial charge in [-0.2, -0.15) is 0 Å². The predicted molar refractivity (Wildman–Crippen MR) is 94.8 cm³/mol. The van der Waals surface area contributed by atoms with Crippen molar-refractivity contribution in [2.24, 2.45) is 0 Å². The van der Waals surface area contributed by atoms with Crippen LogP contribution in [0.25, 0.3) is 0 Å². The van der Waals surface area contributed by atoms with Gasteiger partial charge in [0.25, 0.3) is 0 Å². The maximum absolute atomic E-state index is 2.29. The normalized spacial score (nSPS) is 10.3. The van der Waals surface area contributed by atoms with Gasteiger partial charge < -0.3 is 5.48 Å². The van der Waals surface area contributed by atoms with Crippen LogP contribution in [-0.2, 0) is 6.42 Å². The van der Waals surface area contributed by atoms with Crippen molar-refractivity contribution < 1.29 is 5.48 Å². The Labute approximate surface area is 132 Å². The molecule has 0 fully saturated rings. The Morgan fingerprint density at radius 1 is 0.571 bits per heavy atom. The summed E-state index contributed by atoms with van der Waals surface area (Å²) in [4.78, 5) is 0. The summed E-state index contributed by atoms with van der Waals surface area (Å²) in [5, 5.41) is 0. The molecule has 1 aromatic rings. The van der Waals surface area contributed by atoms with Gasteiger partial charge in [-0.25, -0.2) is 0 Å². The molecule has 0 heterocycles. The molecule has 0 saturated heterocycles. The van der Waals surface area contributed by atoms with Gasteiger partial charge in [0, 0.05) is 0 Å². The quantitative estimate of drug-likeness (QED) is 0.393. The number of aryl methyl sites for hydroxylation is 1. The Morgan fingerprint density at radius 3 is 1.48 bits per heavy atom. The third-order valence-corrected chi connectivity index (χ3v) is 4.16. The number of hydrogen-bond acceptors (Lipinski definition) is 0. The summed E-state index contributed by atoms with van der Waals surface area (Å²) in [6, 6.07) is 10.9. The zero-order chi connectivity index (χ0) is 14.3. The molecular weight excluding hydrogens is 256 g/mol. The molecule has 122 valence electrons. The molecule has 1 rings (SSSR count). The molecule has 0 unspecified atom stereocenters. The first-order valence-electron chi connectivity index (χ1n) is 8.97. The zero-order valence-corrected chi connectivity index (χ0v) is 14.1. The second-order valence-corrected chi connectivity index (χ2v) is 6.12. The van der Waals surface area contributed by atoms with Crippen LogP contribution < -0.4 is 0 Å². The summed E-state index contributed by atoms with van der Waals surface area (Å²) in [6.07, 6.45) is 18.5. The largest absolute Gasteiger partial charge is 0.412 e. The van der Waals surface area contributed by atoms with Gasteiger partial charge in [0.05, 0.1) is 0 Å². The third kappa shape index (κ3) is 12.6. The Balaban J connectivity index is 0.00000400. The van der Waals surface area contributed by atoms with E-state index in [2.05, 4.69) is 37.3 Å². The smallest absolute Gasteiger partial charge is 0.0279 e. The van der Waals surface area contributed by atoms with Gasteiger partial charge in [-0.1, -0.05) is 108 Å². The fourth-order valence-corrected chi connectivity index (χ4v) is 2.81. The van der Waals surface area contributed by atoms with E-state index in [-0.39, 0.29) is 5.48 Å². The first-order valence-corrected chi connectivity index (χ1v) is 8.97. The van der Waals surface area contributed by atoms with Crippen LogP contribution in [-0.4, -0.2) is 5.48 Å². The van der Waals surface area contributed by atoms with Gasteiger partial charge in [-0.15, -0.1) is 0 Å². The summed E-state index contributed by atoms with van der Waals surface area (Å²) >= 11 is 0. The SMILES string of the molecule is CCCCCCCCCCCCCCc1ccccc1.O. The Hall–Kier alpha value is -0.820. The van der Waals surface area contributed by atoms with E-state index in [1.54, 1.807) is 0 Å². The first-order chi connectivity index (χ1) is 9.93. The molecule has 0 bridgehead atoms. The highest BCUT2D eigenvalue weighted by Crippen LogP contribution is 2.13. The molecule has 0 aliphatic rings. The van der Waals surface area contributed by atoms with Crippen molar-refractivity contribution in [1.29, 1.82) is 0 Å². The van der Waals surface area contributed by atoms with Crippen LogP contribution in [0.1, 0.15) is 89.5 Å². The summed E-state index contributed by atoms with van der Waals surface area (Å²) < 4.78 is 0. The van der Waals surface area contributed by atoms with Gasteiger partial charge in [0.1, 0.15) is 0 Å². The van der Waals surface area contributed by atoms with Crippen molar-refractivity contribution in [2.75, 3.05) is 0 Å². The Morgan fingerprint density at radius 2 is 1.00 bits per heavy atom. The van der Waals surface area contributed by atoms with E-state index in [0.717, 1.165) is 0 Å². The molecule has 0 spiro atoms. The summed E-state index contributed by atoms with van der Waals surface area (Å²) in [6.45, 7) is 2.29. The Kier molecular flexibility index (Phi) is 15.0. The summed E-state index contributed by atoms with van der Waals surface area (Å²) in [5.41, 5.74) is 1.50. The molecular formula is C20H36O. The van der Waals surface area contributed by atoms with Crippen LogP contribution in [0.3, 0.4) is 0 Å². The summed E-state index contributed by atoms with van der Waals surface area (Å²) in [7, 11) is 0. The van der Waals surface area contributed by atoms with Gasteiger partial charge in [-0.3, -0.25) is 0 Å². The van der Waals surface area contributed by atoms with Gasteiger partial charge >= 0.3 is 0 Å². The summed E-state index contributed by atoms with van der Waals surface area (Å²) in [5.74, 6) is 0. The van der Waals surface area contributed by atoms with Crippen LogP contribution in [0.4, 0.5) is 0 Å². The lowest BCUT2D eigenvalue weighted by molar-refractivity contribution is 0.544. The highest BCUT2D eigenvalue weighted by Gasteiger charge is 1.94. The fraction of sp³-hybridized carbons (Fsp3) is 0.700. The molecule has 1 nitrogen and oxygen atoms in total. The highest BCUT2D eigenvalue weighted by molar-refractivity contribution is 5.14. The minimum Gasteiger partial charge on any atom is -0.412 e. The van der Waals surface area contributed by atoms with E-state index in [1.807, 2.05) is 0 Å². The second-order valence-electron chi connectivity index (χ2n) is 6.12. The van der Waals surface area contributed by atoms with Gasteiger partial charge in [0.15, 0.2) is 0 Å². The minimum absolute atomic E-state index is 0. The van der Waals surface area contributed by atoms with Crippen molar-refractivity contribution in [2.45, 2.75) is 90.4 Å². The van der Waals surface area contributed by atoms with Crippen molar-refractivity contribution in [3.8, 4) is 0 Å². The lowest BCUT2D eigenvalue weighted by Gasteiger charge is -2.03. The predicted octanol–water partition coefficient (Wildman–Crippen LogP) is 6.11. The van der Waals surface area contributed by atoms with Crippen LogP contribution in [0.5, 0.6) is 0 Å². The lowest BCUT2D eigenvalue weighted by Crippen LogP contribution is -1.86. The standard InChI is InChI=1S/C20H34.H2O/c1-2-3-4-5-6-7-8-9-10-11-12-14-17-20-18-15-13-16-19-20;/h13,15-16,18-19H,2-12,14,17H2,1H3;1H2. The molecule has 1 heteroatoms. The van der Waals surface area contributed by atoms with E-state index >= 15 is 0 Å². The van der Waals surface area contributed by atoms with Crippen LogP contribution in [0.15, 0.2) is 30.3 Å². The minimum atomic E-state index is 0. The maximum Gasteiger partial charge on any atom is -0.0279 e. The molecule has 1 aromatic carbocycles. The van der Waals surface area contributed by atoms with Crippen molar-refractivity contribution >= 4 is 0 Å². The van der Waals surface area contributed by atoms with Crippen molar-refractivity contribution in [1.82, 2.24) is 0 Å². The van der Waals surface area contributed by atoms with E-state index in [4.69, 9.17) is 0 Å². The van der Waals surface area contributed by atoms with Crippen molar-refractivity contribution in [3.05, 3.63) is 35.9 Å². The molecule has 0 saturated carbocycles. The number of benzene rings is 1. The van der Waals surface area contributed by atoms with Crippen molar-refractivity contribution in [3.63, 3.8) is 0 Å². The molecule has 0 amide bonds. The van der Waals surface area contributed by atoms with Gasteiger partial charge in [-0.05, 0) is 18.4 Å². The van der Waals surface area contributed by atoms with E-state index in [1.165, 1.54) is 89.0 Å². The van der Waals surface area contributed by atoms with Crippen LogP contribution >= 0.6 is 0 Å². The zero-order valence-electron chi connectivity index (χ0n) is 14.1. The first kappa shape index (κ1) is 20.2.